The van der Waals surface area contributed by atoms with Gasteiger partial charge >= 0.3 is 0 Å². The molecule has 1 aliphatic heterocycles. The first-order chi connectivity index (χ1) is 8.63. The quantitative estimate of drug-likeness (QED) is 0.891. The first-order valence-electron chi connectivity index (χ1n) is 6.27. The van der Waals surface area contributed by atoms with Gasteiger partial charge in [0.05, 0.1) is 10.6 Å². The molecule has 5 heteroatoms. The summed E-state index contributed by atoms with van der Waals surface area (Å²) in [6, 6.07) is 1.87. The topological polar surface area (TPSA) is 59.2 Å². The molecule has 2 unspecified atom stereocenters. The Kier molecular flexibility index (Phi) is 4.19. The largest absolute Gasteiger partial charge is 0.338 e. The number of pyridine rings is 1. The minimum absolute atomic E-state index is 0.0206. The van der Waals surface area contributed by atoms with Gasteiger partial charge in [-0.05, 0) is 18.4 Å². The zero-order valence-corrected chi connectivity index (χ0v) is 11.2. The zero-order valence-electron chi connectivity index (χ0n) is 10.5. The van der Waals surface area contributed by atoms with Crippen molar-refractivity contribution in [2.45, 2.75) is 25.8 Å². The fourth-order valence-corrected chi connectivity index (χ4v) is 2.59. The monoisotopic (exact) mass is 267 g/mol. The highest BCUT2D eigenvalue weighted by Crippen LogP contribution is 2.22. The number of likely N-dealkylation sites (tertiary alicyclic amines) is 1. The molecule has 18 heavy (non-hydrogen) atoms. The van der Waals surface area contributed by atoms with Crippen molar-refractivity contribution >= 4 is 17.5 Å². The van der Waals surface area contributed by atoms with Crippen molar-refractivity contribution in [1.82, 2.24) is 9.88 Å². The molecule has 1 aliphatic rings. The van der Waals surface area contributed by atoms with Gasteiger partial charge in [0.2, 0.25) is 0 Å². The van der Waals surface area contributed by atoms with E-state index in [1.165, 1.54) is 6.20 Å². The van der Waals surface area contributed by atoms with E-state index in [9.17, 15) is 4.79 Å². The second-order valence-electron chi connectivity index (χ2n) is 4.73. The summed E-state index contributed by atoms with van der Waals surface area (Å²) in [5.41, 5.74) is 6.57. The fraction of sp³-hybridized carbons (Fsp3) is 0.538. The maximum atomic E-state index is 12.4. The number of rotatable bonds is 2. The number of amides is 1. The van der Waals surface area contributed by atoms with Crippen LogP contribution in [0.5, 0.6) is 0 Å². The smallest absolute Gasteiger partial charge is 0.255 e. The molecule has 0 aliphatic carbocycles. The second kappa shape index (κ2) is 5.67. The zero-order chi connectivity index (χ0) is 13.1. The molecule has 1 saturated heterocycles. The van der Waals surface area contributed by atoms with Gasteiger partial charge in [0.1, 0.15) is 0 Å². The molecule has 2 atom stereocenters. The van der Waals surface area contributed by atoms with Crippen LogP contribution in [0.4, 0.5) is 0 Å². The molecule has 2 N–H and O–H groups in total. The Morgan fingerprint density at radius 3 is 3.11 bits per heavy atom. The number of piperidine rings is 1. The fourth-order valence-electron chi connectivity index (χ4n) is 2.39. The third-order valence-corrected chi connectivity index (χ3v) is 3.91. The summed E-state index contributed by atoms with van der Waals surface area (Å²) in [7, 11) is 0. The molecule has 1 amide bonds. The summed E-state index contributed by atoms with van der Waals surface area (Å²) in [5.74, 6) is 0.357. The van der Waals surface area contributed by atoms with E-state index in [1.54, 1.807) is 12.3 Å². The standard InChI is InChI=1S/C13H18ClN3O/c1-2-9-8-17(6-4-12(9)15)13(18)10-3-5-16-7-11(10)14/h3,5,7,9,12H,2,4,6,8,15H2,1H3. The lowest BCUT2D eigenvalue weighted by atomic mass is 9.90. The van der Waals surface area contributed by atoms with Crippen LogP contribution in [0, 0.1) is 5.92 Å². The van der Waals surface area contributed by atoms with Gasteiger partial charge in [-0.1, -0.05) is 24.9 Å². The Morgan fingerprint density at radius 2 is 2.44 bits per heavy atom. The van der Waals surface area contributed by atoms with Crippen molar-refractivity contribution < 1.29 is 4.79 Å². The first-order valence-corrected chi connectivity index (χ1v) is 6.65. The van der Waals surface area contributed by atoms with Crippen LogP contribution in [-0.2, 0) is 0 Å². The van der Waals surface area contributed by atoms with Gasteiger partial charge in [-0.2, -0.15) is 0 Å². The number of carbonyl (C=O) groups excluding carboxylic acids is 1. The Labute approximate surface area is 112 Å². The highest BCUT2D eigenvalue weighted by Gasteiger charge is 2.29. The molecule has 2 rings (SSSR count). The molecule has 0 saturated carbocycles. The molecule has 1 fully saturated rings. The molecule has 1 aromatic rings. The lowest BCUT2D eigenvalue weighted by molar-refractivity contribution is 0.0649. The summed E-state index contributed by atoms with van der Waals surface area (Å²) in [5, 5.41) is 0.408. The van der Waals surface area contributed by atoms with Crippen LogP contribution in [0.2, 0.25) is 5.02 Å². The van der Waals surface area contributed by atoms with Crippen molar-refractivity contribution in [2.75, 3.05) is 13.1 Å². The summed E-state index contributed by atoms with van der Waals surface area (Å²) in [4.78, 5) is 18.1. The van der Waals surface area contributed by atoms with E-state index in [2.05, 4.69) is 11.9 Å². The van der Waals surface area contributed by atoms with Gasteiger partial charge in [-0.25, -0.2) is 0 Å². The third kappa shape index (κ3) is 2.65. The van der Waals surface area contributed by atoms with Gasteiger partial charge < -0.3 is 10.6 Å². The van der Waals surface area contributed by atoms with E-state index < -0.39 is 0 Å². The van der Waals surface area contributed by atoms with E-state index in [1.807, 2.05) is 4.90 Å². The van der Waals surface area contributed by atoms with Crippen LogP contribution >= 0.6 is 11.6 Å². The summed E-state index contributed by atoms with van der Waals surface area (Å²) < 4.78 is 0. The number of hydrogen-bond donors (Lipinski definition) is 1. The molecule has 0 spiro atoms. The SMILES string of the molecule is CCC1CN(C(=O)c2ccncc2Cl)CCC1N. The van der Waals surface area contributed by atoms with E-state index in [0.29, 0.717) is 23.0 Å². The van der Waals surface area contributed by atoms with Gasteiger partial charge in [-0.3, -0.25) is 9.78 Å². The number of nitrogens with zero attached hydrogens (tertiary/aromatic N) is 2. The number of hydrogen-bond acceptors (Lipinski definition) is 3. The Balaban J connectivity index is 2.13. The predicted molar refractivity (Wildman–Crippen MR) is 71.5 cm³/mol. The highest BCUT2D eigenvalue weighted by atomic mass is 35.5. The van der Waals surface area contributed by atoms with Crippen LogP contribution in [0.3, 0.4) is 0 Å². The Bertz CT molecular complexity index is 438. The van der Waals surface area contributed by atoms with Crippen LogP contribution < -0.4 is 5.73 Å². The molecular weight excluding hydrogens is 250 g/mol. The van der Waals surface area contributed by atoms with E-state index in [0.717, 1.165) is 19.4 Å². The maximum absolute atomic E-state index is 12.4. The average Bonchev–Trinajstić information content (AvgIpc) is 2.39. The third-order valence-electron chi connectivity index (χ3n) is 3.61. The molecule has 1 aromatic heterocycles. The summed E-state index contributed by atoms with van der Waals surface area (Å²) in [6.45, 7) is 3.53. The minimum atomic E-state index is -0.0206. The Hall–Kier alpha value is -1.13. The molecular formula is C13H18ClN3O. The van der Waals surface area contributed by atoms with E-state index in [-0.39, 0.29) is 11.9 Å². The molecule has 0 aromatic carbocycles. The summed E-state index contributed by atoms with van der Waals surface area (Å²) in [6.07, 6.45) is 4.94. The predicted octanol–water partition coefficient (Wildman–Crippen LogP) is 1.93. The van der Waals surface area contributed by atoms with Crippen LogP contribution in [0.1, 0.15) is 30.1 Å². The maximum Gasteiger partial charge on any atom is 0.255 e. The number of aromatic nitrogens is 1. The minimum Gasteiger partial charge on any atom is -0.338 e. The van der Waals surface area contributed by atoms with Crippen molar-refractivity contribution in [1.29, 1.82) is 0 Å². The van der Waals surface area contributed by atoms with Crippen molar-refractivity contribution in [3.63, 3.8) is 0 Å². The van der Waals surface area contributed by atoms with Crippen molar-refractivity contribution in [2.24, 2.45) is 11.7 Å². The van der Waals surface area contributed by atoms with E-state index >= 15 is 0 Å². The highest BCUT2D eigenvalue weighted by molar-refractivity contribution is 6.33. The van der Waals surface area contributed by atoms with Gasteiger partial charge in [-0.15, -0.1) is 0 Å². The lowest BCUT2D eigenvalue weighted by Gasteiger charge is -2.36. The van der Waals surface area contributed by atoms with Gasteiger partial charge in [0.15, 0.2) is 0 Å². The summed E-state index contributed by atoms with van der Waals surface area (Å²) >= 11 is 6.00. The average molecular weight is 268 g/mol. The van der Waals surface area contributed by atoms with Gasteiger partial charge in [0, 0.05) is 31.5 Å². The van der Waals surface area contributed by atoms with Crippen LogP contribution in [0.25, 0.3) is 0 Å². The molecule has 2 heterocycles. The first kappa shape index (κ1) is 13.3. The van der Waals surface area contributed by atoms with Gasteiger partial charge in [0.25, 0.3) is 5.91 Å². The number of carbonyl (C=O) groups is 1. The van der Waals surface area contributed by atoms with Crippen molar-refractivity contribution in [3.05, 3.63) is 29.0 Å². The van der Waals surface area contributed by atoms with Crippen molar-refractivity contribution in [3.8, 4) is 0 Å². The second-order valence-corrected chi connectivity index (χ2v) is 5.13. The lowest BCUT2D eigenvalue weighted by Crippen LogP contribution is -2.49. The molecule has 4 nitrogen and oxygen atoms in total. The molecule has 98 valence electrons. The Morgan fingerprint density at radius 1 is 1.67 bits per heavy atom. The van der Waals surface area contributed by atoms with Crippen LogP contribution in [0.15, 0.2) is 18.5 Å². The molecule has 0 radical (unpaired) electrons. The number of nitrogens with two attached hydrogens (primary N) is 1. The van der Waals surface area contributed by atoms with E-state index in [4.69, 9.17) is 17.3 Å². The van der Waals surface area contributed by atoms with Crippen LogP contribution in [-0.4, -0.2) is 34.9 Å². The number of halogens is 1. The normalized spacial score (nSPS) is 24.1. The molecule has 0 bridgehead atoms.